The highest BCUT2D eigenvalue weighted by Gasteiger charge is 2.30. The Labute approximate surface area is 193 Å². The molecule has 2 amide bonds. The number of imidazole rings is 1. The quantitative estimate of drug-likeness (QED) is 0.423. The van der Waals surface area contributed by atoms with Crippen molar-refractivity contribution in [2.75, 3.05) is 5.32 Å². The monoisotopic (exact) mass is 466 g/mol. The van der Waals surface area contributed by atoms with Crippen LogP contribution in [0.4, 0.5) is 18.9 Å². The lowest BCUT2D eigenvalue weighted by molar-refractivity contribution is -0.137. The second-order valence-corrected chi connectivity index (χ2v) is 7.78. The molecule has 174 valence electrons. The molecule has 0 atom stereocenters. The molecule has 0 aliphatic rings. The first-order chi connectivity index (χ1) is 16.2. The molecule has 1 aromatic heterocycles. The van der Waals surface area contributed by atoms with E-state index < -0.39 is 17.6 Å². The van der Waals surface area contributed by atoms with Crippen LogP contribution in [-0.2, 0) is 24.1 Å². The summed E-state index contributed by atoms with van der Waals surface area (Å²) in [4.78, 5) is 29.7. The molecular formula is C25H21F3N4O2. The van der Waals surface area contributed by atoms with E-state index in [0.717, 1.165) is 17.7 Å². The van der Waals surface area contributed by atoms with Crippen molar-refractivity contribution in [2.24, 2.45) is 0 Å². The van der Waals surface area contributed by atoms with E-state index in [2.05, 4.69) is 15.6 Å². The van der Waals surface area contributed by atoms with E-state index in [1.165, 1.54) is 12.1 Å². The van der Waals surface area contributed by atoms with Crippen LogP contribution < -0.4 is 10.6 Å². The summed E-state index contributed by atoms with van der Waals surface area (Å²) in [6.07, 6.45) is -4.51. The maximum Gasteiger partial charge on any atom is 0.416 e. The molecule has 0 unspecified atom stereocenters. The van der Waals surface area contributed by atoms with Gasteiger partial charge in [0.05, 0.1) is 23.1 Å². The number of nitrogens with zero attached hydrogens (tertiary/aromatic N) is 2. The van der Waals surface area contributed by atoms with E-state index in [1.807, 2.05) is 19.1 Å². The zero-order valence-electron chi connectivity index (χ0n) is 18.2. The van der Waals surface area contributed by atoms with Crippen LogP contribution in [0.3, 0.4) is 0 Å². The Bertz CT molecular complexity index is 1340. The Morgan fingerprint density at radius 2 is 1.71 bits per heavy atom. The summed E-state index contributed by atoms with van der Waals surface area (Å²) in [5.74, 6) is -0.360. The lowest BCUT2D eigenvalue weighted by atomic mass is 10.1. The highest BCUT2D eigenvalue weighted by atomic mass is 19.4. The average Bonchev–Trinajstić information content (AvgIpc) is 3.14. The first-order valence-electron chi connectivity index (χ1n) is 10.5. The number of nitrogens with one attached hydrogen (secondary N) is 2. The van der Waals surface area contributed by atoms with Gasteiger partial charge >= 0.3 is 6.18 Å². The molecule has 0 fully saturated rings. The number of rotatable bonds is 6. The van der Waals surface area contributed by atoms with Gasteiger partial charge in [-0.3, -0.25) is 9.59 Å². The van der Waals surface area contributed by atoms with Crippen molar-refractivity contribution >= 4 is 28.5 Å². The van der Waals surface area contributed by atoms with Gasteiger partial charge < -0.3 is 15.2 Å². The minimum Gasteiger partial charge on any atom is -0.345 e. The van der Waals surface area contributed by atoms with Crippen molar-refractivity contribution in [1.82, 2.24) is 14.9 Å². The van der Waals surface area contributed by atoms with Gasteiger partial charge in [-0.1, -0.05) is 35.9 Å². The number of para-hydroxylation sites is 2. The molecule has 34 heavy (non-hydrogen) atoms. The van der Waals surface area contributed by atoms with Crippen LogP contribution in [0.5, 0.6) is 0 Å². The normalized spacial score (nSPS) is 11.4. The average molecular weight is 466 g/mol. The van der Waals surface area contributed by atoms with Crippen LogP contribution in [0, 0.1) is 6.92 Å². The van der Waals surface area contributed by atoms with Gasteiger partial charge in [0.2, 0.25) is 5.91 Å². The van der Waals surface area contributed by atoms with Gasteiger partial charge in [0, 0.05) is 11.3 Å². The van der Waals surface area contributed by atoms with Crippen molar-refractivity contribution in [3.8, 4) is 0 Å². The number of fused-ring (bicyclic) bond motifs is 1. The molecule has 1 heterocycles. The maximum atomic E-state index is 13.0. The summed E-state index contributed by atoms with van der Waals surface area (Å²) in [5.41, 5.74) is 2.02. The first-order valence-corrected chi connectivity index (χ1v) is 10.5. The fourth-order valence-electron chi connectivity index (χ4n) is 3.52. The van der Waals surface area contributed by atoms with Crippen LogP contribution in [-0.4, -0.2) is 21.4 Å². The summed E-state index contributed by atoms with van der Waals surface area (Å²) in [5, 5.41) is 5.31. The van der Waals surface area contributed by atoms with E-state index in [-0.39, 0.29) is 24.7 Å². The van der Waals surface area contributed by atoms with Crippen LogP contribution >= 0.6 is 0 Å². The fraction of sp³-hybridized carbons (Fsp3) is 0.160. The predicted octanol–water partition coefficient (Wildman–Crippen LogP) is 4.93. The highest BCUT2D eigenvalue weighted by Crippen LogP contribution is 2.30. The van der Waals surface area contributed by atoms with Crippen molar-refractivity contribution in [3.05, 3.63) is 95.3 Å². The van der Waals surface area contributed by atoms with Crippen LogP contribution in [0.1, 0.15) is 27.3 Å². The van der Waals surface area contributed by atoms with Gasteiger partial charge in [-0.15, -0.1) is 0 Å². The minimum atomic E-state index is -4.51. The zero-order chi connectivity index (χ0) is 24.3. The number of carbonyl (C=O) groups excluding carboxylic acids is 2. The largest absolute Gasteiger partial charge is 0.416 e. The SMILES string of the molecule is Cc1ccc(C(=O)NCc2nc3ccccc3n2CC(=O)Nc2cccc(C(F)(F)F)c2)cc1. The lowest BCUT2D eigenvalue weighted by Gasteiger charge is -2.12. The third kappa shape index (κ3) is 5.25. The predicted molar refractivity (Wildman–Crippen MR) is 122 cm³/mol. The van der Waals surface area contributed by atoms with Gasteiger partial charge in [-0.25, -0.2) is 4.98 Å². The molecule has 4 aromatic rings. The topological polar surface area (TPSA) is 76.0 Å². The molecule has 2 N–H and O–H groups in total. The van der Waals surface area contributed by atoms with Crippen molar-refractivity contribution in [2.45, 2.75) is 26.2 Å². The van der Waals surface area contributed by atoms with Gasteiger partial charge in [-0.2, -0.15) is 13.2 Å². The number of hydrogen-bond donors (Lipinski definition) is 2. The second kappa shape index (κ2) is 9.38. The van der Waals surface area contributed by atoms with Gasteiger partial charge in [0.15, 0.2) is 0 Å². The van der Waals surface area contributed by atoms with Crippen molar-refractivity contribution in [3.63, 3.8) is 0 Å². The number of amides is 2. The van der Waals surface area contributed by atoms with E-state index in [0.29, 0.717) is 22.4 Å². The maximum absolute atomic E-state index is 13.0. The molecule has 4 rings (SSSR count). The molecule has 0 saturated heterocycles. The van der Waals surface area contributed by atoms with Crippen LogP contribution in [0.2, 0.25) is 0 Å². The Balaban J connectivity index is 1.52. The molecule has 9 heteroatoms. The number of benzene rings is 3. The van der Waals surface area contributed by atoms with E-state index >= 15 is 0 Å². The highest BCUT2D eigenvalue weighted by molar-refractivity contribution is 5.94. The van der Waals surface area contributed by atoms with Gasteiger partial charge in [-0.05, 0) is 49.4 Å². The van der Waals surface area contributed by atoms with Crippen LogP contribution in [0.25, 0.3) is 11.0 Å². The van der Waals surface area contributed by atoms with Crippen LogP contribution in [0.15, 0.2) is 72.8 Å². The smallest absolute Gasteiger partial charge is 0.345 e. The van der Waals surface area contributed by atoms with Gasteiger partial charge in [0.1, 0.15) is 12.4 Å². The molecule has 3 aromatic carbocycles. The van der Waals surface area contributed by atoms with E-state index in [9.17, 15) is 22.8 Å². The second-order valence-electron chi connectivity index (χ2n) is 7.78. The number of hydrogen-bond acceptors (Lipinski definition) is 3. The molecule has 0 aliphatic heterocycles. The van der Waals surface area contributed by atoms with Gasteiger partial charge in [0.25, 0.3) is 5.91 Å². The summed E-state index contributed by atoms with van der Waals surface area (Å²) < 4.78 is 40.5. The fourth-order valence-corrected chi connectivity index (χ4v) is 3.52. The number of aryl methyl sites for hydroxylation is 1. The standard InChI is InChI=1S/C25H21F3N4O2/c1-16-9-11-17(12-10-16)24(34)29-14-22-31-20-7-2-3-8-21(20)32(22)15-23(33)30-19-6-4-5-18(13-19)25(26,27)28/h2-13H,14-15H2,1H3,(H,29,34)(H,30,33). The first kappa shape index (κ1) is 23.0. The Hall–Kier alpha value is -4.14. The minimum absolute atomic E-state index is 0.0402. The van der Waals surface area contributed by atoms with Crippen molar-refractivity contribution < 1.29 is 22.8 Å². The van der Waals surface area contributed by atoms with Crippen molar-refractivity contribution in [1.29, 1.82) is 0 Å². The summed E-state index contributed by atoms with van der Waals surface area (Å²) >= 11 is 0. The Morgan fingerprint density at radius 1 is 0.971 bits per heavy atom. The number of halogens is 3. The molecule has 0 spiro atoms. The summed E-state index contributed by atoms with van der Waals surface area (Å²) in [7, 11) is 0. The van der Waals surface area contributed by atoms with E-state index in [4.69, 9.17) is 0 Å². The van der Waals surface area contributed by atoms with E-state index in [1.54, 1.807) is 41.0 Å². The zero-order valence-corrected chi connectivity index (χ0v) is 18.2. The molecule has 0 bridgehead atoms. The summed E-state index contributed by atoms with van der Waals surface area (Å²) in [6, 6.07) is 18.7. The number of carbonyl (C=O) groups is 2. The number of alkyl halides is 3. The summed E-state index contributed by atoms with van der Waals surface area (Å²) in [6.45, 7) is 1.80. The molecular weight excluding hydrogens is 445 g/mol. The Kier molecular flexibility index (Phi) is 6.36. The number of anilines is 1. The molecule has 0 saturated carbocycles. The molecule has 0 aliphatic carbocycles. The third-order valence-corrected chi connectivity index (χ3v) is 5.23. The molecule has 0 radical (unpaired) electrons. The molecule has 6 nitrogen and oxygen atoms in total. The number of aromatic nitrogens is 2. The third-order valence-electron chi connectivity index (χ3n) is 5.23. The Morgan fingerprint density at radius 3 is 2.44 bits per heavy atom. The lowest BCUT2D eigenvalue weighted by Crippen LogP contribution is -2.26.